The average Bonchev–Trinajstić information content (AvgIpc) is 1.99. The van der Waals surface area contributed by atoms with Crippen molar-refractivity contribution in [2.75, 3.05) is 0 Å². The van der Waals surface area contributed by atoms with Gasteiger partial charge in [0.2, 0.25) is 0 Å². The van der Waals surface area contributed by atoms with Gasteiger partial charge < -0.3 is 5.11 Å². The van der Waals surface area contributed by atoms with Crippen LogP contribution < -0.4 is 0 Å². The molecule has 1 aliphatic carbocycles. The van der Waals surface area contributed by atoms with E-state index in [1.807, 2.05) is 6.92 Å². The van der Waals surface area contributed by atoms with Crippen LogP contribution in [0.15, 0.2) is 11.6 Å². The molecule has 1 nitrogen and oxygen atoms in total. The second-order valence-electron chi connectivity index (χ2n) is 6.48. The predicted octanol–water partition coefficient (Wildman–Crippen LogP) is 3.92. The highest BCUT2D eigenvalue weighted by Gasteiger charge is 2.33. The quantitative estimate of drug-likeness (QED) is 0.700. The molecule has 1 atom stereocenters. The molecule has 0 aliphatic heterocycles. The molecule has 0 spiro atoms. The van der Waals surface area contributed by atoms with Crippen molar-refractivity contribution in [3.63, 3.8) is 0 Å². The van der Waals surface area contributed by atoms with Crippen LogP contribution in [0.5, 0.6) is 0 Å². The molecular formula is C14H26O. The van der Waals surface area contributed by atoms with Gasteiger partial charge in [-0.25, -0.2) is 0 Å². The molecule has 0 amide bonds. The summed E-state index contributed by atoms with van der Waals surface area (Å²) in [5, 5.41) is 10.5. The zero-order valence-corrected chi connectivity index (χ0v) is 10.9. The maximum Gasteiger partial charge on any atom is 0.0831 e. The Bertz CT molecular complexity index is 246. The van der Waals surface area contributed by atoms with E-state index in [-0.39, 0.29) is 0 Å². The number of hydrogen-bond acceptors (Lipinski definition) is 1. The van der Waals surface area contributed by atoms with E-state index in [1.165, 1.54) is 12.0 Å². The first-order valence-corrected chi connectivity index (χ1v) is 6.15. The van der Waals surface area contributed by atoms with Crippen LogP contribution >= 0.6 is 0 Å². The van der Waals surface area contributed by atoms with E-state index in [2.05, 4.69) is 33.8 Å². The van der Waals surface area contributed by atoms with Crippen molar-refractivity contribution in [2.45, 2.75) is 65.9 Å². The van der Waals surface area contributed by atoms with Gasteiger partial charge >= 0.3 is 0 Å². The predicted molar refractivity (Wildman–Crippen MR) is 65.8 cm³/mol. The minimum atomic E-state index is -0.591. The van der Waals surface area contributed by atoms with Crippen LogP contribution in [0, 0.1) is 11.3 Å². The first-order valence-electron chi connectivity index (χ1n) is 6.15. The highest BCUT2D eigenvalue weighted by atomic mass is 16.3. The fourth-order valence-electron chi connectivity index (χ4n) is 2.65. The van der Waals surface area contributed by atoms with Crippen molar-refractivity contribution in [2.24, 2.45) is 11.3 Å². The smallest absolute Gasteiger partial charge is 0.0831 e. The Balaban J connectivity index is 2.74. The molecule has 0 saturated heterocycles. The Kier molecular flexibility index (Phi) is 3.65. The van der Waals surface area contributed by atoms with Crippen molar-refractivity contribution in [1.29, 1.82) is 0 Å². The monoisotopic (exact) mass is 210 g/mol. The van der Waals surface area contributed by atoms with Crippen molar-refractivity contribution in [1.82, 2.24) is 0 Å². The van der Waals surface area contributed by atoms with Gasteiger partial charge in [0.05, 0.1) is 5.60 Å². The molecule has 0 aromatic carbocycles. The Morgan fingerprint density at radius 3 is 2.53 bits per heavy atom. The largest absolute Gasteiger partial charge is 0.386 e. The zero-order valence-electron chi connectivity index (χ0n) is 10.9. The number of aliphatic hydroxyl groups is 1. The molecule has 0 aromatic rings. The summed E-state index contributed by atoms with van der Waals surface area (Å²) in [7, 11) is 0. The summed E-state index contributed by atoms with van der Waals surface area (Å²) in [6.07, 6.45) is 6.54. The Hall–Kier alpha value is -0.300. The lowest BCUT2D eigenvalue weighted by Gasteiger charge is -2.37. The van der Waals surface area contributed by atoms with Crippen LogP contribution in [0.1, 0.15) is 60.3 Å². The molecule has 0 saturated carbocycles. The number of hydrogen-bond donors (Lipinski definition) is 1. The first-order chi connectivity index (χ1) is 6.73. The zero-order chi connectivity index (χ0) is 11.7. The van der Waals surface area contributed by atoms with E-state index in [0.29, 0.717) is 11.3 Å². The average molecular weight is 210 g/mol. The molecule has 1 heteroatoms. The molecule has 0 bridgehead atoms. The van der Waals surface area contributed by atoms with Gasteiger partial charge in [-0.05, 0) is 49.5 Å². The lowest BCUT2D eigenvalue weighted by Crippen LogP contribution is -2.33. The molecule has 1 aliphatic rings. The van der Waals surface area contributed by atoms with Crippen LogP contribution in [-0.2, 0) is 0 Å². The molecule has 1 unspecified atom stereocenters. The third-order valence-electron chi connectivity index (χ3n) is 3.38. The van der Waals surface area contributed by atoms with Crippen LogP contribution in [0.3, 0.4) is 0 Å². The van der Waals surface area contributed by atoms with Crippen molar-refractivity contribution in [3.05, 3.63) is 11.6 Å². The maximum atomic E-state index is 10.5. The van der Waals surface area contributed by atoms with Gasteiger partial charge in [0.25, 0.3) is 0 Å². The van der Waals surface area contributed by atoms with E-state index >= 15 is 0 Å². The third kappa shape index (κ3) is 3.64. The molecule has 0 radical (unpaired) electrons. The molecule has 0 aromatic heterocycles. The van der Waals surface area contributed by atoms with Crippen LogP contribution in [0.2, 0.25) is 0 Å². The lowest BCUT2D eigenvalue weighted by atomic mass is 9.71. The summed E-state index contributed by atoms with van der Waals surface area (Å²) in [5.41, 5.74) is 1.03. The summed E-state index contributed by atoms with van der Waals surface area (Å²) < 4.78 is 0. The second-order valence-corrected chi connectivity index (χ2v) is 6.48. The van der Waals surface area contributed by atoms with Gasteiger partial charge in [0.15, 0.2) is 0 Å². The molecule has 15 heavy (non-hydrogen) atoms. The fourth-order valence-corrected chi connectivity index (χ4v) is 2.65. The summed E-state index contributed by atoms with van der Waals surface area (Å²) in [6.45, 7) is 10.9. The highest BCUT2D eigenvalue weighted by Crippen LogP contribution is 2.40. The molecule has 0 fully saturated rings. The van der Waals surface area contributed by atoms with Gasteiger partial charge in [-0.15, -0.1) is 0 Å². The molecule has 1 rings (SSSR count). The minimum absolute atomic E-state index is 0.366. The molecule has 88 valence electrons. The van der Waals surface area contributed by atoms with Gasteiger partial charge in [-0.2, -0.15) is 0 Å². The summed E-state index contributed by atoms with van der Waals surface area (Å²) in [6, 6.07) is 0. The van der Waals surface area contributed by atoms with E-state index in [0.717, 1.165) is 19.3 Å². The fraction of sp³-hybridized carbons (Fsp3) is 0.857. The molecule has 0 heterocycles. The van der Waals surface area contributed by atoms with Crippen LogP contribution in [-0.4, -0.2) is 10.7 Å². The normalized spacial score (nSPS) is 24.9. The minimum Gasteiger partial charge on any atom is -0.386 e. The van der Waals surface area contributed by atoms with E-state index in [4.69, 9.17) is 0 Å². The summed E-state index contributed by atoms with van der Waals surface area (Å²) in [5.74, 6) is 0.547. The summed E-state index contributed by atoms with van der Waals surface area (Å²) >= 11 is 0. The third-order valence-corrected chi connectivity index (χ3v) is 3.38. The van der Waals surface area contributed by atoms with Crippen LogP contribution in [0.4, 0.5) is 0 Å². The van der Waals surface area contributed by atoms with Gasteiger partial charge in [0, 0.05) is 0 Å². The number of allylic oxidation sites excluding steroid dienone is 1. The van der Waals surface area contributed by atoms with Crippen molar-refractivity contribution < 1.29 is 5.11 Å². The van der Waals surface area contributed by atoms with Gasteiger partial charge in [-0.3, -0.25) is 0 Å². The van der Waals surface area contributed by atoms with Crippen LogP contribution in [0.25, 0.3) is 0 Å². The van der Waals surface area contributed by atoms with E-state index in [9.17, 15) is 5.11 Å². The second kappa shape index (κ2) is 4.29. The standard InChI is InChI=1S/C14H26O/c1-11(2)9-14(5,15)12-7-6-8-13(3,4)10-12/h7,11,15H,6,8-10H2,1-5H3. The Labute approximate surface area is 94.6 Å². The SMILES string of the molecule is CC(C)CC(C)(O)C1=CCCC(C)(C)C1. The summed E-state index contributed by atoms with van der Waals surface area (Å²) in [4.78, 5) is 0. The lowest BCUT2D eigenvalue weighted by molar-refractivity contribution is 0.0623. The van der Waals surface area contributed by atoms with E-state index in [1.54, 1.807) is 0 Å². The Morgan fingerprint density at radius 2 is 2.07 bits per heavy atom. The number of rotatable bonds is 3. The molecule has 1 N–H and O–H groups in total. The maximum absolute atomic E-state index is 10.5. The highest BCUT2D eigenvalue weighted by molar-refractivity contribution is 5.19. The molecular weight excluding hydrogens is 184 g/mol. The first kappa shape index (κ1) is 12.8. The van der Waals surface area contributed by atoms with Gasteiger partial charge in [0.1, 0.15) is 0 Å². The van der Waals surface area contributed by atoms with Crippen molar-refractivity contribution in [3.8, 4) is 0 Å². The van der Waals surface area contributed by atoms with E-state index < -0.39 is 5.60 Å². The van der Waals surface area contributed by atoms with Crippen molar-refractivity contribution >= 4 is 0 Å². The Morgan fingerprint density at radius 1 is 1.47 bits per heavy atom. The topological polar surface area (TPSA) is 20.2 Å². The van der Waals surface area contributed by atoms with Gasteiger partial charge in [-0.1, -0.05) is 33.8 Å².